The quantitative estimate of drug-likeness (QED) is 0.721. The first-order valence-electron chi connectivity index (χ1n) is 4.45. The molecule has 13 heavy (non-hydrogen) atoms. The van der Waals surface area contributed by atoms with Crippen LogP contribution in [0, 0.1) is 0 Å². The summed E-state index contributed by atoms with van der Waals surface area (Å²) in [4.78, 5) is 0. The molecular formula is C9H16N2O2. The van der Waals surface area contributed by atoms with Gasteiger partial charge in [0.25, 0.3) is 0 Å². The SMILES string of the molecule is COCCC(C)NCc1ccno1. The summed E-state index contributed by atoms with van der Waals surface area (Å²) in [6.07, 6.45) is 2.65. The van der Waals surface area contributed by atoms with Gasteiger partial charge in [0, 0.05) is 25.8 Å². The highest BCUT2D eigenvalue weighted by atomic mass is 16.5. The van der Waals surface area contributed by atoms with Gasteiger partial charge in [-0.25, -0.2) is 0 Å². The Morgan fingerprint density at radius 2 is 2.54 bits per heavy atom. The number of aromatic nitrogens is 1. The summed E-state index contributed by atoms with van der Waals surface area (Å²) >= 11 is 0. The topological polar surface area (TPSA) is 47.3 Å². The largest absolute Gasteiger partial charge is 0.385 e. The van der Waals surface area contributed by atoms with E-state index in [1.807, 2.05) is 6.07 Å². The molecule has 0 aliphatic rings. The fourth-order valence-electron chi connectivity index (χ4n) is 1.00. The number of hydrogen-bond acceptors (Lipinski definition) is 4. The van der Waals surface area contributed by atoms with Gasteiger partial charge in [-0.2, -0.15) is 0 Å². The third kappa shape index (κ3) is 4.05. The number of rotatable bonds is 6. The maximum absolute atomic E-state index is 4.97. The van der Waals surface area contributed by atoms with Crippen molar-refractivity contribution >= 4 is 0 Å². The fraction of sp³-hybridized carbons (Fsp3) is 0.667. The Bertz CT molecular complexity index is 211. The Morgan fingerprint density at radius 1 is 1.69 bits per heavy atom. The molecule has 1 aromatic heterocycles. The minimum atomic E-state index is 0.435. The van der Waals surface area contributed by atoms with Crippen molar-refractivity contribution in [3.05, 3.63) is 18.0 Å². The molecular weight excluding hydrogens is 168 g/mol. The summed E-state index contributed by atoms with van der Waals surface area (Å²) in [5.74, 6) is 0.865. The van der Waals surface area contributed by atoms with Crippen molar-refractivity contribution in [3.63, 3.8) is 0 Å². The number of nitrogens with zero attached hydrogens (tertiary/aromatic N) is 1. The van der Waals surface area contributed by atoms with E-state index < -0.39 is 0 Å². The van der Waals surface area contributed by atoms with Crippen molar-refractivity contribution < 1.29 is 9.26 Å². The molecule has 4 heteroatoms. The molecule has 0 aromatic carbocycles. The molecule has 1 N–H and O–H groups in total. The molecule has 0 saturated carbocycles. The summed E-state index contributed by atoms with van der Waals surface area (Å²) in [6.45, 7) is 3.63. The molecule has 1 rings (SSSR count). The van der Waals surface area contributed by atoms with E-state index in [0.29, 0.717) is 6.04 Å². The highest BCUT2D eigenvalue weighted by molar-refractivity contribution is 4.92. The number of ether oxygens (including phenoxy) is 1. The van der Waals surface area contributed by atoms with Crippen LogP contribution in [-0.2, 0) is 11.3 Å². The minimum Gasteiger partial charge on any atom is -0.385 e. The van der Waals surface area contributed by atoms with Crippen molar-refractivity contribution in [1.82, 2.24) is 10.5 Å². The monoisotopic (exact) mass is 184 g/mol. The van der Waals surface area contributed by atoms with E-state index >= 15 is 0 Å². The normalized spacial score (nSPS) is 13.1. The van der Waals surface area contributed by atoms with Crippen LogP contribution in [0.3, 0.4) is 0 Å². The number of nitrogens with one attached hydrogen (secondary N) is 1. The predicted octanol–water partition coefficient (Wildman–Crippen LogP) is 1.19. The summed E-state index contributed by atoms with van der Waals surface area (Å²) in [7, 11) is 1.71. The molecule has 4 nitrogen and oxygen atoms in total. The summed E-state index contributed by atoms with van der Waals surface area (Å²) in [5, 5.41) is 6.93. The fourth-order valence-corrected chi connectivity index (χ4v) is 1.00. The second-order valence-electron chi connectivity index (χ2n) is 3.04. The molecule has 0 fully saturated rings. The molecule has 1 aromatic rings. The highest BCUT2D eigenvalue weighted by Gasteiger charge is 2.02. The second kappa shape index (κ2) is 5.72. The zero-order valence-electron chi connectivity index (χ0n) is 8.12. The number of methoxy groups -OCH3 is 1. The van der Waals surface area contributed by atoms with Crippen LogP contribution in [0.25, 0.3) is 0 Å². The van der Waals surface area contributed by atoms with Gasteiger partial charge < -0.3 is 14.6 Å². The third-order valence-electron chi connectivity index (χ3n) is 1.87. The molecule has 0 aliphatic heterocycles. The van der Waals surface area contributed by atoms with Crippen LogP contribution in [0.2, 0.25) is 0 Å². The smallest absolute Gasteiger partial charge is 0.150 e. The van der Waals surface area contributed by atoms with Gasteiger partial charge in [0.1, 0.15) is 5.76 Å². The zero-order chi connectivity index (χ0) is 9.52. The molecule has 1 heterocycles. The van der Waals surface area contributed by atoms with E-state index in [1.165, 1.54) is 0 Å². The van der Waals surface area contributed by atoms with Crippen LogP contribution in [-0.4, -0.2) is 24.9 Å². The molecule has 1 atom stereocenters. The van der Waals surface area contributed by atoms with E-state index in [1.54, 1.807) is 13.3 Å². The van der Waals surface area contributed by atoms with Gasteiger partial charge in [-0.15, -0.1) is 0 Å². The summed E-state index contributed by atoms with van der Waals surface area (Å²) in [6, 6.07) is 2.29. The maximum atomic E-state index is 4.97. The zero-order valence-corrected chi connectivity index (χ0v) is 8.12. The van der Waals surface area contributed by atoms with Crippen molar-refractivity contribution in [2.24, 2.45) is 0 Å². The van der Waals surface area contributed by atoms with Gasteiger partial charge in [-0.05, 0) is 13.3 Å². The molecule has 0 bridgehead atoms. The molecule has 0 aliphatic carbocycles. The second-order valence-corrected chi connectivity index (χ2v) is 3.04. The van der Waals surface area contributed by atoms with Gasteiger partial charge in [0.05, 0.1) is 12.7 Å². The van der Waals surface area contributed by atoms with E-state index in [0.717, 1.165) is 25.3 Å². The molecule has 1 unspecified atom stereocenters. The summed E-state index contributed by atoms with van der Waals surface area (Å²) in [5.41, 5.74) is 0. The first-order valence-corrected chi connectivity index (χ1v) is 4.45. The van der Waals surface area contributed by atoms with Crippen LogP contribution in [0.5, 0.6) is 0 Å². The Labute approximate surface area is 78.2 Å². The van der Waals surface area contributed by atoms with Crippen LogP contribution in [0.4, 0.5) is 0 Å². The third-order valence-corrected chi connectivity index (χ3v) is 1.87. The van der Waals surface area contributed by atoms with E-state index in [9.17, 15) is 0 Å². The Kier molecular flexibility index (Phi) is 4.49. The highest BCUT2D eigenvalue weighted by Crippen LogP contribution is 1.98. The first kappa shape index (κ1) is 10.2. The van der Waals surface area contributed by atoms with Crippen LogP contribution in [0.1, 0.15) is 19.1 Å². The van der Waals surface area contributed by atoms with Crippen LogP contribution < -0.4 is 5.32 Å². The molecule has 0 radical (unpaired) electrons. The van der Waals surface area contributed by atoms with Crippen LogP contribution >= 0.6 is 0 Å². The Balaban J connectivity index is 2.11. The summed E-state index contributed by atoms with van der Waals surface area (Å²) < 4.78 is 9.92. The lowest BCUT2D eigenvalue weighted by molar-refractivity contribution is 0.184. The van der Waals surface area contributed by atoms with E-state index in [2.05, 4.69) is 17.4 Å². The Morgan fingerprint density at radius 3 is 3.15 bits per heavy atom. The van der Waals surface area contributed by atoms with E-state index in [-0.39, 0.29) is 0 Å². The molecule has 74 valence electrons. The van der Waals surface area contributed by atoms with Crippen molar-refractivity contribution in [3.8, 4) is 0 Å². The van der Waals surface area contributed by atoms with Crippen molar-refractivity contribution in [2.75, 3.05) is 13.7 Å². The molecule has 0 saturated heterocycles. The first-order chi connectivity index (χ1) is 6.33. The van der Waals surface area contributed by atoms with Crippen molar-refractivity contribution in [1.29, 1.82) is 0 Å². The Hall–Kier alpha value is -0.870. The lowest BCUT2D eigenvalue weighted by atomic mass is 10.2. The van der Waals surface area contributed by atoms with Crippen LogP contribution in [0.15, 0.2) is 16.8 Å². The average molecular weight is 184 g/mol. The molecule has 0 spiro atoms. The van der Waals surface area contributed by atoms with Gasteiger partial charge in [0.2, 0.25) is 0 Å². The average Bonchev–Trinajstić information content (AvgIpc) is 2.64. The maximum Gasteiger partial charge on any atom is 0.150 e. The molecule has 0 amide bonds. The van der Waals surface area contributed by atoms with E-state index in [4.69, 9.17) is 9.26 Å². The minimum absolute atomic E-state index is 0.435. The number of hydrogen-bond donors (Lipinski definition) is 1. The van der Waals surface area contributed by atoms with Gasteiger partial charge in [-0.1, -0.05) is 5.16 Å². The predicted molar refractivity (Wildman–Crippen MR) is 49.3 cm³/mol. The standard InChI is InChI=1S/C9H16N2O2/c1-8(4-6-12-2)10-7-9-3-5-11-13-9/h3,5,8,10H,4,6-7H2,1-2H3. The lowest BCUT2D eigenvalue weighted by Gasteiger charge is -2.11. The van der Waals surface area contributed by atoms with Gasteiger partial charge >= 0.3 is 0 Å². The lowest BCUT2D eigenvalue weighted by Crippen LogP contribution is -2.26. The van der Waals surface area contributed by atoms with Crippen molar-refractivity contribution in [2.45, 2.75) is 25.9 Å². The van der Waals surface area contributed by atoms with Gasteiger partial charge in [0.15, 0.2) is 0 Å². The van der Waals surface area contributed by atoms with Gasteiger partial charge in [-0.3, -0.25) is 0 Å².